The minimum Gasteiger partial charge on any atom is -0.611 e. The maximum atomic E-state index is 11.3. The summed E-state index contributed by atoms with van der Waals surface area (Å²) >= 11 is -1.09. The first kappa shape index (κ1) is 9.04. The first-order valence-corrected chi connectivity index (χ1v) is 4.85. The maximum absolute atomic E-state index is 11.3. The van der Waals surface area contributed by atoms with Crippen LogP contribution in [-0.4, -0.2) is 15.3 Å². The Balaban J connectivity index is 3.07. The lowest BCUT2D eigenvalue weighted by Crippen LogP contribution is -2.06. The summed E-state index contributed by atoms with van der Waals surface area (Å²) in [5.41, 5.74) is 0.262. The SMILES string of the molecule is CC[S@@+]([O-])c1cccnc1C#N. The number of hydrogen-bond acceptors (Lipinski definition) is 3. The third kappa shape index (κ3) is 1.76. The second-order valence-electron chi connectivity index (χ2n) is 2.10. The second kappa shape index (κ2) is 4.10. The molecule has 12 heavy (non-hydrogen) atoms. The largest absolute Gasteiger partial charge is 0.611 e. The highest BCUT2D eigenvalue weighted by molar-refractivity contribution is 7.91. The Kier molecular flexibility index (Phi) is 3.09. The van der Waals surface area contributed by atoms with Gasteiger partial charge in [0.05, 0.1) is 0 Å². The van der Waals surface area contributed by atoms with E-state index in [1.807, 2.05) is 13.0 Å². The van der Waals surface area contributed by atoms with Crippen LogP contribution in [0.4, 0.5) is 0 Å². The zero-order chi connectivity index (χ0) is 8.97. The molecule has 1 aromatic rings. The minimum atomic E-state index is -1.09. The van der Waals surface area contributed by atoms with Crippen LogP contribution in [0.3, 0.4) is 0 Å². The summed E-state index contributed by atoms with van der Waals surface area (Å²) in [7, 11) is 0. The molecule has 1 aromatic heterocycles. The van der Waals surface area contributed by atoms with Crippen molar-refractivity contribution in [2.45, 2.75) is 11.8 Å². The van der Waals surface area contributed by atoms with Crippen LogP contribution < -0.4 is 0 Å². The molecular formula is C8H8N2OS. The van der Waals surface area contributed by atoms with E-state index in [-0.39, 0.29) is 5.69 Å². The van der Waals surface area contributed by atoms with Crippen LogP contribution in [0.25, 0.3) is 0 Å². The Hall–Kier alpha value is -1.05. The summed E-state index contributed by atoms with van der Waals surface area (Å²) in [5.74, 6) is 0.514. The van der Waals surface area contributed by atoms with Gasteiger partial charge in [-0.15, -0.1) is 0 Å². The number of rotatable bonds is 2. The van der Waals surface area contributed by atoms with Gasteiger partial charge >= 0.3 is 0 Å². The lowest BCUT2D eigenvalue weighted by atomic mass is 10.4. The number of nitrogens with zero attached hydrogens (tertiary/aromatic N) is 2. The fourth-order valence-corrected chi connectivity index (χ4v) is 1.67. The van der Waals surface area contributed by atoms with Gasteiger partial charge < -0.3 is 4.55 Å². The molecule has 0 aromatic carbocycles. The van der Waals surface area contributed by atoms with Gasteiger partial charge in [0.25, 0.3) is 0 Å². The molecule has 0 radical (unpaired) electrons. The first-order chi connectivity index (χ1) is 5.79. The highest BCUT2D eigenvalue weighted by Crippen LogP contribution is 2.13. The maximum Gasteiger partial charge on any atom is 0.195 e. The molecule has 0 aliphatic heterocycles. The van der Waals surface area contributed by atoms with E-state index in [2.05, 4.69) is 4.98 Å². The average Bonchev–Trinajstić information content (AvgIpc) is 2.16. The first-order valence-electron chi connectivity index (χ1n) is 3.53. The van der Waals surface area contributed by atoms with Crippen molar-refractivity contribution in [3.05, 3.63) is 24.0 Å². The van der Waals surface area contributed by atoms with Gasteiger partial charge in [-0.05, 0) is 30.2 Å². The molecule has 0 amide bonds. The molecule has 0 N–H and O–H groups in total. The fraction of sp³-hybridized carbons (Fsp3) is 0.250. The molecule has 0 fully saturated rings. The third-order valence-electron chi connectivity index (χ3n) is 1.38. The number of hydrogen-bond donors (Lipinski definition) is 0. The number of nitriles is 1. The van der Waals surface area contributed by atoms with E-state index in [1.54, 1.807) is 12.1 Å². The molecule has 1 heterocycles. The summed E-state index contributed by atoms with van der Waals surface area (Å²) in [6, 6.07) is 5.26. The Bertz CT molecular complexity index is 308. The molecule has 0 bridgehead atoms. The molecular weight excluding hydrogens is 172 g/mol. The Morgan fingerprint density at radius 2 is 2.50 bits per heavy atom. The summed E-state index contributed by atoms with van der Waals surface area (Å²) in [6.07, 6.45) is 1.52. The Labute approximate surface area is 74.2 Å². The monoisotopic (exact) mass is 180 g/mol. The van der Waals surface area contributed by atoms with Crippen molar-refractivity contribution < 1.29 is 4.55 Å². The highest BCUT2D eigenvalue weighted by atomic mass is 32.2. The van der Waals surface area contributed by atoms with E-state index in [4.69, 9.17) is 5.26 Å². The smallest absolute Gasteiger partial charge is 0.195 e. The van der Waals surface area contributed by atoms with E-state index in [1.165, 1.54) is 6.20 Å². The van der Waals surface area contributed by atoms with Gasteiger partial charge in [0.2, 0.25) is 0 Å². The van der Waals surface area contributed by atoms with Gasteiger partial charge in [0.15, 0.2) is 10.6 Å². The lowest BCUT2D eigenvalue weighted by molar-refractivity contribution is 0.595. The minimum absolute atomic E-state index is 0.262. The van der Waals surface area contributed by atoms with Crippen LogP contribution in [0, 0.1) is 11.3 Å². The Morgan fingerprint density at radius 3 is 3.08 bits per heavy atom. The molecule has 3 nitrogen and oxygen atoms in total. The van der Waals surface area contributed by atoms with E-state index in [0.717, 1.165) is 0 Å². The number of aromatic nitrogens is 1. The summed E-state index contributed by atoms with van der Waals surface area (Å²) in [6.45, 7) is 1.81. The molecule has 0 aliphatic carbocycles. The highest BCUT2D eigenvalue weighted by Gasteiger charge is 2.13. The van der Waals surface area contributed by atoms with E-state index >= 15 is 0 Å². The van der Waals surface area contributed by atoms with Crippen LogP contribution in [0.1, 0.15) is 12.6 Å². The van der Waals surface area contributed by atoms with E-state index in [9.17, 15) is 4.55 Å². The Morgan fingerprint density at radius 1 is 1.75 bits per heavy atom. The average molecular weight is 180 g/mol. The molecule has 1 rings (SSSR count). The van der Waals surface area contributed by atoms with E-state index < -0.39 is 11.2 Å². The van der Waals surface area contributed by atoms with Crippen LogP contribution in [0.5, 0.6) is 0 Å². The molecule has 0 saturated heterocycles. The third-order valence-corrected chi connectivity index (χ3v) is 2.73. The molecule has 62 valence electrons. The van der Waals surface area contributed by atoms with Crippen molar-refractivity contribution in [2.75, 3.05) is 5.75 Å². The predicted molar refractivity (Wildman–Crippen MR) is 45.9 cm³/mol. The van der Waals surface area contributed by atoms with Crippen LogP contribution >= 0.6 is 0 Å². The standard InChI is InChI=1S/C8H8N2OS/c1-2-12(11)8-4-3-5-10-7(8)6-9/h3-5H,2H2,1H3/t12-/m1/s1. The molecule has 0 aliphatic rings. The van der Waals surface area contributed by atoms with Gasteiger partial charge in [0, 0.05) is 6.20 Å². The molecule has 0 spiro atoms. The predicted octanol–water partition coefficient (Wildman–Crippen LogP) is 1.08. The van der Waals surface area contributed by atoms with Crippen LogP contribution in [0.15, 0.2) is 23.2 Å². The molecule has 0 saturated carbocycles. The normalized spacial score (nSPS) is 12.1. The van der Waals surface area contributed by atoms with Crippen molar-refractivity contribution >= 4 is 11.2 Å². The van der Waals surface area contributed by atoms with Crippen molar-refractivity contribution in [1.29, 1.82) is 5.26 Å². The number of pyridine rings is 1. The van der Waals surface area contributed by atoms with Gasteiger partial charge in [-0.25, -0.2) is 4.98 Å². The van der Waals surface area contributed by atoms with Gasteiger partial charge in [-0.1, -0.05) is 0 Å². The topological polar surface area (TPSA) is 59.7 Å². The lowest BCUT2D eigenvalue weighted by Gasteiger charge is -2.07. The van der Waals surface area contributed by atoms with Crippen LogP contribution in [-0.2, 0) is 11.2 Å². The van der Waals surface area contributed by atoms with E-state index in [0.29, 0.717) is 10.6 Å². The summed E-state index contributed by atoms with van der Waals surface area (Å²) in [5, 5.41) is 8.62. The van der Waals surface area contributed by atoms with Crippen molar-refractivity contribution in [3.8, 4) is 6.07 Å². The molecule has 0 unspecified atom stereocenters. The second-order valence-corrected chi connectivity index (χ2v) is 3.80. The zero-order valence-electron chi connectivity index (χ0n) is 6.65. The van der Waals surface area contributed by atoms with Gasteiger partial charge in [0.1, 0.15) is 11.8 Å². The quantitative estimate of drug-likeness (QED) is 0.640. The molecule has 4 heteroatoms. The zero-order valence-corrected chi connectivity index (χ0v) is 7.47. The van der Waals surface area contributed by atoms with Gasteiger partial charge in [-0.2, -0.15) is 5.26 Å². The van der Waals surface area contributed by atoms with Crippen molar-refractivity contribution in [2.24, 2.45) is 0 Å². The fourth-order valence-electron chi connectivity index (χ4n) is 0.814. The van der Waals surface area contributed by atoms with Gasteiger partial charge in [-0.3, -0.25) is 0 Å². The van der Waals surface area contributed by atoms with Crippen molar-refractivity contribution in [1.82, 2.24) is 4.98 Å². The van der Waals surface area contributed by atoms with Crippen molar-refractivity contribution in [3.63, 3.8) is 0 Å². The summed E-state index contributed by atoms with van der Waals surface area (Å²) < 4.78 is 11.3. The van der Waals surface area contributed by atoms with Crippen LogP contribution in [0.2, 0.25) is 0 Å². The summed E-state index contributed by atoms with van der Waals surface area (Å²) in [4.78, 5) is 4.34. The molecule has 1 atom stereocenters.